The van der Waals surface area contributed by atoms with Gasteiger partial charge in [-0.1, -0.05) is 6.42 Å². The summed E-state index contributed by atoms with van der Waals surface area (Å²) in [5.41, 5.74) is 5.47. The third kappa shape index (κ3) is 13.2. The molecule has 1 unspecified atom stereocenters. The molecule has 0 spiro atoms. The van der Waals surface area contributed by atoms with Crippen LogP contribution in [-0.2, 0) is 28.6 Å². The van der Waals surface area contributed by atoms with Crippen LogP contribution in [0.4, 0.5) is 0 Å². The standard InChI is InChI=1S/C15H27N3O5.C5H12O/c1-22-11-15(21)23-10-13-9-17(7-8-18(13)12-19)14(20)5-3-2-4-6-16;1-5(2,3)6-4/h12-13H,2-11,16H2,1H3;1-4H3. The third-order valence-corrected chi connectivity index (χ3v) is 4.42. The predicted octanol–water partition coefficient (Wildman–Crippen LogP) is 0.796. The summed E-state index contributed by atoms with van der Waals surface area (Å²) in [5.74, 6) is -0.413. The van der Waals surface area contributed by atoms with Crippen LogP contribution in [0.1, 0.15) is 46.5 Å². The van der Waals surface area contributed by atoms with E-state index in [0.29, 0.717) is 32.6 Å². The van der Waals surface area contributed by atoms with Crippen molar-refractivity contribution in [2.24, 2.45) is 5.73 Å². The number of unbranched alkanes of at least 4 members (excludes halogenated alkanes) is 2. The third-order valence-electron chi connectivity index (χ3n) is 4.42. The number of hydrogen-bond acceptors (Lipinski definition) is 7. The second-order valence-corrected chi connectivity index (χ2v) is 7.87. The highest BCUT2D eigenvalue weighted by Crippen LogP contribution is 2.12. The van der Waals surface area contributed by atoms with Gasteiger partial charge >= 0.3 is 5.97 Å². The zero-order valence-electron chi connectivity index (χ0n) is 18.6. The van der Waals surface area contributed by atoms with Gasteiger partial charge in [-0.2, -0.15) is 0 Å². The number of carbonyl (C=O) groups is 3. The SMILES string of the molecule is COC(C)(C)C.COCC(=O)OCC1CN(C(=O)CCCCCN)CCN1C=O. The second-order valence-electron chi connectivity index (χ2n) is 7.87. The summed E-state index contributed by atoms with van der Waals surface area (Å²) in [7, 11) is 3.12. The highest BCUT2D eigenvalue weighted by atomic mass is 16.6. The Morgan fingerprint density at radius 2 is 1.79 bits per heavy atom. The summed E-state index contributed by atoms with van der Waals surface area (Å²) in [6, 6.07) is -0.310. The molecule has 1 aliphatic rings. The van der Waals surface area contributed by atoms with Crippen LogP contribution >= 0.6 is 0 Å². The number of nitrogens with two attached hydrogens (primary N) is 1. The molecule has 29 heavy (non-hydrogen) atoms. The van der Waals surface area contributed by atoms with Gasteiger partial charge in [0.05, 0.1) is 11.6 Å². The maximum Gasteiger partial charge on any atom is 0.332 e. The lowest BCUT2D eigenvalue weighted by atomic mass is 10.1. The molecule has 170 valence electrons. The van der Waals surface area contributed by atoms with E-state index >= 15 is 0 Å². The molecule has 0 aromatic carbocycles. The van der Waals surface area contributed by atoms with Crippen LogP contribution in [0.25, 0.3) is 0 Å². The predicted molar refractivity (Wildman–Crippen MR) is 110 cm³/mol. The minimum Gasteiger partial charge on any atom is -0.462 e. The Hall–Kier alpha value is -1.71. The van der Waals surface area contributed by atoms with Crippen molar-refractivity contribution in [3.8, 4) is 0 Å². The van der Waals surface area contributed by atoms with Crippen LogP contribution in [0.5, 0.6) is 0 Å². The molecule has 2 N–H and O–H groups in total. The smallest absolute Gasteiger partial charge is 0.332 e. The molecule has 9 heteroatoms. The Kier molecular flexibility index (Phi) is 14.3. The largest absolute Gasteiger partial charge is 0.462 e. The summed E-state index contributed by atoms with van der Waals surface area (Å²) in [6.07, 6.45) is 3.89. The van der Waals surface area contributed by atoms with Gasteiger partial charge in [-0.3, -0.25) is 9.59 Å². The van der Waals surface area contributed by atoms with Crippen molar-refractivity contribution in [3.63, 3.8) is 0 Å². The lowest BCUT2D eigenvalue weighted by Crippen LogP contribution is -2.56. The Labute approximate surface area is 174 Å². The Morgan fingerprint density at radius 3 is 2.31 bits per heavy atom. The van der Waals surface area contributed by atoms with E-state index in [2.05, 4.69) is 4.74 Å². The number of carbonyl (C=O) groups excluding carboxylic acids is 3. The number of piperazine rings is 1. The summed E-state index contributed by atoms with van der Waals surface area (Å²) >= 11 is 0. The number of hydrogen-bond donors (Lipinski definition) is 1. The Bertz CT molecular complexity index is 481. The van der Waals surface area contributed by atoms with E-state index in [0.717, 1.165) is 25.7 Å². The highest BCUT2D eigenvalue weighted by molar-refractivity contribution is 5.76. The first-order valence-corrected chi connectivity index (χ1v) is 10.1. The Morgan fingerprint density at radius 1 is 1.14 bits per heavy atom. The maximum absolute atomic E-state index is 12.2. The minimum absolute atomic E-state index is 0.0417. The van der Waals surface area contributed by atoms with Crippen molar-refractivity contribution in [1.82, 2.24) is 9.80 Å². The van der Waals surface area contributed by atoms with E-state index in [9.17, 15) is 14.4 Å². The van der Waals surface area contributed by atoms with Gasteiger partial charge in [0.1, 0.15) is 13.2 Å². The first-order chi connectivity index (χ1) is 13.7. The van der Waals surface area contributed by atoms with Gasteiger partial charge in [-0.25, -0.2) is 4.79 Å². The van der Waals surface area contributed by atoms with Crippen LogP contribution < -0.4 is 5.73 Å². The lowest BCUT2D eigenvalue weighted by Gasteiger charge is -2.39. The summed E-state index contributed by atoms with van der Waals surface area (Å²) in [4.78, 5) is 38.0. The number of ether oxygens (including phenoxy) is 3. The fourth-order valence-electron chi connectivity index (χ4n) is 2.49. The first-order valence-electron chi connectivity index (χ1n) is 10.1. The molecule has 0 aliphatic carbocycles. The molecule has 1 atom stereocenters. The second kappa shape index (κ2) is 15.2. The number of rotatable bonds is 10. The fourth-order valence-corrected chi connectivity index (χ4v) is 2.49. The van der Waals surface area contributed by atoms with E-state index in [-0.39, 0.29) is 30.8 Å². The molecule has 0 bridgehead atoms. The van der Waals surface area contributed by atoms with Crippen molar-refractivity contribution in [2.45, 2.75) is 58.1 Å². The van der Waals surface area contributed by atoms with Crippen molar-refractivity contribution in [2.75, 3.05) is 53.6 Å². The molecule has 1 fully saturated rings. The van der Waals surface area contributed by atoms with Gasteiger partial charge in [0.25, 0.3) is 0 Å². The number of nitrogens with zero attached hydrogens (tertiary/aromatic N) is 2. The van der Waals surface area contributed by atoms with Gasteiger partial charge in [0.15, 0.2) is 0 Å². The normalized spacial score (nSPS) is 16.7. The molecule has 0 aromatic rings. The quantitative estimate of drug-likeness (QED) is 0.318. The molecule has 2 amide bonds. The zero-order chi connectivity index (χ0) is 22.3. The van der Waals surface area contributed by atoms with Gasteiger partial charge in [-0.05, 0) is 40.2 Å². The van der Waals surface area contributed by atoms with Crippen LogP contribution in [0, 0.1) is 0 Å². The molecule has 1 saturated heterocycles. The van der Waals surface area contributed by atoms with E-state index in [1.54, 1.807) is 16.9 Å². The maximum atomic E-state index is 12.2. The van der Waals surface area contributed by atoms with E-state index in [1.807, 2.05) is 20.8 Å². The van der Waals surface area contributed by atoms with E-state index in [1.165, 1.54) is 7.11 Å². The summed E-state index contributed by atoms with van der Waals surface area (Å²) in [6.45, 7) is 7.99. The van der Waals surface area contributed by atoms with Crippen LogP contribution in [-0.4, -0.2) is 93.3 Å². The first kappa shape index (κ1) is 27.3. The van der Waals surface area contributed by atoms with E-state index in [4.69, 9.17) is 15.2 Å². The monoisotopic (exact) mass is 417 g/mol. The molecular weight excluding hydrogens is 378 g/mol. The summed E-state index contributed by atoms with van der Waals surface area (Å²) in [5, 5.41) is 0. The van der Waals surface area contributed by atoms with Gasteiger partial charge in [0.2, 0.25) is 12.3 Å². The fraction of sp³-hybridized carbons (Fsp3) is 0.850. The molecule has 1 rings (SSSR count). The highest BCUT2D eigenvalue weighted by Gasteiger charge is 2.29. The van der Waals surface area contributed by atoms with Crippen molar-refractivity contribution in [1.29, 1.82) is 0 Å². The van der Waals surface area contributed by atoms with Crippen LogP contribution in [0.3, 0.4) is 0 Å². The molecule has 1 aliphatic heterocycles. The molecule has 0 aromatic heterocycles. The van der Waals surface area contributed by atoms with Gasteiger partial charge in [0, 0.05) is 40.3 Å². The molecular formula is C20H39N3O6. The number of amides is 2. The number of methoxy groups -OCH3 is 2. The lowest BCUT2D eigenvalue weighted by molar-refractivity contribution is -0.152. The molecule has 0 saturated carbocycles. The average Bonchev–Trinajstić information content (AvgIpc) is 2.69. The minimum atomic E-state index is -0.483. The van der Waals surface area contributed by atoms with Crippen LogP contribution in [0.2, 0.25) is 0 Å². The molecule has 9 nitrogen and oxygen atoms in total. The van der Waals surface area contributed by atoms with Gasteiger partial charge < -0.3 is 29.7 Å². The molecule has 1 heterocycles. The topological polar surface area (TPSA) is 111 Å². The van der Waals surface area contributed by atoms with Crippen LogP contribution in [0.15, 0.2) is 0 Å². The Balaban J connectivity index is 0.00000113. The van der Waals surface area contributed by atoms with Crippen molar-refractivity contribution < 1.29 is 28.6 Å². The average molecular weight is 418 g/mol. The van der Waals surface area contributed by atoms with Crippen molar-refractivity contribution >= 4 is 18.3 Å². The van der Waals surface area contributed by atoms with Crippen molar-refractivity contribution in [3.05, 3.63) is 0 Å². The summed E-state index contributed by atoms with van der Waals surface area (Å²) < 4.78 is 14.7. The number of esters is 1. The van der Waals surface area contributed by atoms with E-state index < -0.39 is 5.97 Å². The van der Waals surface area contributed by atoms with Gasteiger partial charge in [-0.15, -0.1) is 0 Å². The zero-order valence-corrected chi connectivity index (χ0v) is 18.6. The molecule has 0 radical (unpaired) electrons.